The highest BCUT2D eigenvalue weighted by atomic mass is 16.5. The Balaban J connectivity index is 2.21. The average molecular weight is 289 g/mol. The smallest absolute Gasteiger partial charge is 0.328 e. The predicted octanol–water partition coefficient (Wildman–Crippen LogP) is 1.96. The van der Waals surface area contributed by atoms with Gasteiger partial charge < -0.3 is 14.7 Å². The van der Waals surface area contributed by atoms with Gasteiger partial charge in [-0.1, -0.05) is 6.07 Å². The molecule has 1 N–H and O–H groups in total. The summed E-state index contributed by atoms with van der Waals surface area (Å²) in [4.78, 5) is 24.9. The largest absolute Gasteiger partial charge is 0.478 e. The van der Waals surface area contributed by atoms with E-state index in [-0.39, 0.29) is 5.91 Å². The Morgan fingerprint density at radius 3 is 2.81 bits per heavy atom. The third-order valence-electron chi connectivity index (χ3n) is 3.27. The quantitative estimate of drug-likeness (QED) is 0.864. The summed E-state index contributed by atoms with van der Waals surface area (Å²) in [5.41, 5.74) is 2.23. The van der Waals surface area contributed by atoms with Crippen LogP contribution in [0.2, 0.25) is 0 Å². The maximum Gasteiger partial charge on any atom is 0.328 e. The SMILES string of the molecule is Cc1cc(/C=C/C(=O)O)cc(C(=O)N2CCCOCC2)c1. The third kappa shape index (κ3) is 4.43. The highest BCUT2D eigenvalue weighted by molar-refractivity contribution is 5.95. The first-order valence-corrected chi connectivity index (χ1v) is 6.96. The summed E-state index contributed by atoms with van der Waals surface area (Å²) in [5.74, 6) is -1.04. The molecule has 1 aliphatic heterocycles. The van der Waals surface area contributed by atoms with Crippen LogP contribution in [-0.2, 0) is 9.53 Å². The number of carboxylic acid groups (broad SMARTS) is 1. The molecule has 0 bridgehead atoms. The minimum absolute atomic E-state index is 0.0332. The summed E-state index contributed by atoms with van der Waals surface area (Å²) >= 11 is 0. The molecular weight excluding hydrogens is 270 g/mol. The maximum absolute atomic E-state index is 12.5. The van der Waals surface area contributed by atoms with E-state index in [4.69, 9.17) is 9.84 Å². The topological polar surface area (TPSA) is 66.8 Å². The van der Waals surface area contributed by atoms with Gasteiger partial charge in [0.15, 0.2) is 0 Å². The summed E-state index contributed by atoms with van der Waals surface area (Å²) in [6.45, 7) is 4.41. The molecule has 5 heteroatoms. The molecule has 1 heterocycles. The number of rotatable bonds is 3. The van der Waals surface area contributed by atoms with E-state index >= 15 is 0 Å². The molecule has 1 aliphatic rings. The number of carboxylic acids is 1. The van der Waals surface area contributed by atoms with Gasteiger partial charge in [-0.2, -0.15) is 0 Å². The molecule has 1 aromatic rings. The highest BCUT2D eigenvalue weighted by Crippen LogP contribution is 2.14. The molecule has 0 atom stereocenters. The molecule has 5 nitrogen and oxygen atoms in total. The fraction of sp³-hybridized carbons (Fsp3) is 0.375. The number of amides is 1. The molecule has 1 saturated heterocycles. The number of carbonyl (C=O) groups is 2. The van der Waals surface area contributed by atoms with Crippen molar-refractivity contribution in [3.05, 3.63) is 41.0 Å². The second-order valence-electron chi connectivity index (χ2n) is 5.06. The number of benzene rings is 1. The number of carbonyl (C=O) groups excluding carboxylic acids is 1. The predicted molar refractivity (Wildman–Crippen MR) is 79.2 cm³/mol. The summed E-state index contributed by atoms with van der Waals surface area (Å²) in [6.07, 6.45) is 3.41. The van der Waals surface area contributed by atoms with Gasteiger partial charge in [0.1, 0.15) is 0 Å². The zero-order chi connectivity index (χ0) is 15.2. The lowest BCUT2D eigenvalue weighted by atomic mass is 10.0. The number of ether oxygens (including phenoxy) is 1. The van der Waals surface area contributed by atoms with Crippen LogP contribution < -0.4 is 0 Å². The van der Waals surface area contributed by atoms with Crippen molar-refractivity contribution >= 4 is 18.0 Å². The Hall–Kier alpha value is -2.14. The molecule has 0 aromatic heterocycles. The fourth-order valence-corrected chi connectivity index (χ4v) is 2.33. The summed E-state index contributed by atoms with van der Waals surface area (Å²) in [7, 11) is 0. The van der Waals surface area contributed by atoms with Crippen molar-refractivity contribution < 1.29 is 19.4 Å². The third-order valence-corrected chi connectivity index (χ3v) is 3.27. The molecular formula is C16H19NO4. The van der Waals surface area contributed by atoms with Crippen molar-refractivity contribution in [1.29, 1.82) is 0 Å². The van der Waals surface area contributed by atoms with Crippen molar-refractivity contribution in [1.82, 2.24) is 4.90 Å². The van der Waals surface area contributed by atoms with Crippen molar-refractivity contribution in [3.8, 4) is 0 Å². The molecule has 112 valence electrons. The van der Waals surface area contributed by atoms with E-state index in [1.54, 1.807) is 11.0 Å². The lowest BCUT2D eigenvalue weighted by Gasteiger charge is -2.20. The van der Waals surface area contributed by atoms with Gasteiger partial charge in [0.25, 0.3) is 5.91 Å². The first-order chi connectivity index (χ1) is 10.1. The number of nitrogens with zero attached hydrogens (tertiary/aromatic N) is 1. The van der Waals surface area contributed by atoms with E-state index in [0.29, 0.717) is 37.4 Å². The number of aliphatic carboxylic acids is 1. The lowest BCUT2D eigenvalue weighted by molar-refractivity contribution is -0.131. The maximum atomic E-state index is 12.5. The number of aryl methyl sites for hydroxylation is 1. The molecule has 0 saturated carbocycles. The van der Waals surface area contributed by atoms with Gasteiger partial charge in [-0.15, -0.1) is 0 Å². The number of hydrogen-bond acceptors (Lipinski definition) is 3. The van der Waals surface area contributed by atoms with Crippen LogP contribution in [0.1, 0.15) is 27.9 Å². The lowest BCUT2D eigenvalue weighted by Crippen LogP contribution is -2.33. The van der Waals surface area contributed by atoms with Crippen LogP contribution in [0.5, 0.6) is 0 Å². The van der Waals surface area contributed by atoms with Gasteiger partial charge in [0.2, 0.25) is 0 Å². The Kier molecular flexibility index (Phi) is 5.11. The van der Waals surface area contributed by atoms with Crippen LogP contribution in [0.3, 0.4) is 0 Å². The first-order valence-electron chi connectivity index (χ1n) is 6.96. The van der Waals surface area contributed by atoms with Gasteiger partial charge in [-0.05, 0) is 42.7 Å². The highest BCUT2D eigenvalue weighted by Gasteiger charge is 2.17. The molecule has 0 spiro atoms. The fourth-order valence-electron chi connectivity index (χ4n) is 2.33. The second-order valence-corrected chi connectivity index (χ2v) is 5.06. The summed E-state index contributed by atoms with van der Waals surface area (Å²) in [6, 6.07) is 5.40. The normalized spacial score (nSPS) is 16.0. The molecule has 0 unspecified atom stereocenters. The standard InChI is InChI=1S/C16H19NO4/c1-12-9-13(3-4-15(18)19)11-14(10-12)16(20)17-5-2-7-21-8-6-17/h3-4,9-11H,2,5-8H2,1H3,(H,18,19)/b4-3+. The molecule has 0 radical (unpaired) electrons. The van der Waals surface area contributed by atoms with Crippen LogP contribution in [0.15, 0.2) is 24.3 Å². The van der Waals surface area contributed by atoms with E-state index < -0.39 is 5.97 Å². The Morgan fingerprint density at radius 2 is 2.05 bits per heavy atom. The van der Waals surface area contributed by atoms with Crippen molar-refractivity contribution in [2.24, 2.45) is 0 Å². The summed E-state index contributed by atoms with van der Waals surface area (Å²) < 4.78 is 5.35. The second kappa shape index (κ2) is 7.04. The van der Waals surface area contributed by atoms with Gasteiger partial charge in [0, 0.05) is 31.3 Å². The van der Waals surface area contributed by atoms with E-state index in [0.717, 1.165) is 18.1 Å². The van der Waals surface area contributed by atoms with Gasteiger partial charge in [0.05, 0.1) is 6.61 Å². The molecule has 0 aliphatic carbocycles. The molecule has 2 rings (SSSR count). The van der Waals surface area contributed by atoms with E-state index in [9.17, 15) is 9.59 Å². The van der Waals surface area contributed by atoms with Crippen molar-refractivity contribution in [2.75, 3.05) is 26.3 Å². The van der Waals surface area contributed by atoms with Crippen LogP contribution in [0, 0.1) is 6.92 Å². The molecule has 1 amide bonds. The van der Waals surface area contributed by atoms with Crippen LogP contribution in [0.4, 0.5) is 0 Å². The van der Waals surface area contributed by atoms with Crippen molar-refractivity contribution in [3.63, 3.8) is 0 Å². The van der Waals surface area contributed by atoms with Crippen LogP contribution >= 0.6 is 0 Å². The Morgan fingerprint density at radius 1 is 1.24 bits per heavy atom. The number of hydrogen-bond donors (Lipinski definition) is 1. The van der Waals surface area contributed by atoms with E-state index in [1.165, 1.54) is 6.08 Å². The van der Waals surface area contributed by atoms with Gasteiger partial charge in [-0.3, -0.25) is 4.79 Å². The zero-order valence-corrected chi connectivity index (χ0v) is 12.0. The monoisotopic (exact) mass is 289 g/mol. The minimum atomic E-state index is -1.01. The zero-order valence-electron chi connectivity index (χ0n) is 12.0. The molecule has 1 aromatic carbocycles. The van der Waals surface area contributed by atoms with Gasteiger partial charge >= 0.3 is 5.97 Å². The Labute approximate surface area is 123 Å². The molecule has 21 heavy (non-hydrogen) atoms. The van der Waals surface area contributed by atoms with E-state index in [2.05, 4.69) is 0 Å². The van der Waals surface area contributed by atoms with Crippen LogP contribution in [0.25, 0.3) is 6.08 Å². The summed E-state index contributed by atoms with van der Waals surface area (Å²) in [5, 5.41) is 8.68. The van der Waals surface area contributed by atoms with Crippen LogP contribution in [-0.4, -0.2) is 48.2 Å². The van der Waals surface area contributed by atoms with E-state index in [1.807, 2.05) is 19.1 Å². The molecule has 1 fully saturated rings. The Bertz CT molecular complexity index is 557. The average Bonchev–Trinajstić information content (AvgIpc) is 2.72. The minimum Gasteiger partial charge on any atom is -0.478 e. The van der Waals surface area contributed by atoms with Gasteiger partial charge in [-0.25, -0.2) is 4.79 Å². The van der Waals surface area contributed by atoms with Crippen molar-refractivity contribution in [2.45, 2.75) is 13.3 Å². The first kappa shape index (κ1) is 15.3.